The van der Waals surface area contributed by atoms with E-state index in [1.807, 2.05) is 29.8 Å². The molecule has 0 atom stereocenters. The summed E-state index contributed by atoms with van der Waals surface area (Å²) in [7, 11) is 0. The maximum Gasteiger partial charge on any atom is 0.341 e. The standard InChI is InChI=1S/C18H16N2O3S3/c1-10(19)15-7-13(18(24-2)26-15)17-20-14(9-25-17)11-4-3-5-12(6-11)23-8-16(21)22/h3-7,9,19H,8H2,1-2H3,(H,21,22). The largest absolute Gasteiger partial charge is 0.482 e. The predicted octanol–water partition coefficient (Wildman–Crippen LogP) is 5.11. The van der Waals surface area contributed by atoms with Crippen LogP contribution in [0.15, 0.2) is 39.9 Å². The first-order chi connectivity index (χ1) is 12.5. The molecule has 0 aliphatic rings. The highest BCUT2D eigenvalue weighted by Gasteiger charge is 2.15. The third-order valence-corrected chi connectivity index (χ3v) is 6.75. The summed E-state index contributed by atoms with van der Waals surface area (Å²) in [5, 5.41) is 19.5. The number of hydrogen-bond donors (Lipinski definition) is 2. The number of thioether (sulfide) groups is 1. The van der Waals surface area contributed by atoms with Crippen molar-refractivity contribution in [2.45, 2.75) is 11.1 Å². The first-order valence-electron chi connectivity index (χ1n) is 7.62. The van der Waals surface area contributed by atoms with Crippen LogP contribution in [0.3, 0.4) is 0 Å². The van der Waals surface area contributed by atoms with Gasteiger partial charge in [-0.05, 0) is 31.4 Å². The molecule has 5 nitrogen and oxygen atoms in total. The van der Waals surface area contributed by atoms with Gasteiger partial charge in [-0.1, -0.05) is 12.1 Å². The van der Waals surface area contributed by atoms with Crippen LogP contribution in [-0.4, -0.2) is 34.6 Å². The fraction of sp³-hybridized carbons (Fsp3) is 0.167. The van der Waals surface area contributed by atoms with Crippen molar-refractivity contribution in [2.75, 3.05) is 12.9 Å². The number of nitrogens with zero attached hydrogens (tertiary/aromatic N) is 1. The van der Waals surface area contributed by atoms with Gasteiger partial charge in [0.1, 0.15) is 10.8 Å². The molecule has 0 radical (unpaired) electrons. The number of rotatable bonds is 7. The maximum atomic E-state index is 10.6. The van der Waals surface area contributed by atoms with E-state index in [9.17, 15) is 4.79 Å². The molecule has 0 spiro atoms. The molecule has 0 fully saturated rings. The quantitative estimate of drug-likeness (QED) is 0.422. The number of ether oxygens (including phenoxy) is 1. The summed E-state index contributed by atoms with van der Waals surface area (Å²) in [6.07, 6.45) is 2.02. The molecule has 3 rings (SSSR count). The van der Waals surface area contributed by atoms with Gasteiger partial charge in [0.25, 0.3) is 0 Å². The van der Waals surface area contributed by atoms with Gasteiger partial charge >= 0.3 is 5.97 Å². The van der Waals surface area contributed by atoms with E-state index in [1.165, 1.54) is 0 Å². The predicted molar refractivity (Wildman–Crippen MR) is 108 cm³/mol. The SMILES string of the molecule is CSc1sc(C(C)=N)cc1-c1nc(-c2cccc(OCC(=O)O)c2)cs1. The van der Waals surface area contributed by atoms with Crippen molar-refractivity contribution in [3.8, 4) is 27.6 Å². The Morgan fingerprint density at radius 1 is 1.38 bits per heavy atom. The normalized spacial score (nSPS) is 10.7. The molecule has 3 aromatic rings. The molecule has 0 aliphatic carbocycles. The molecule has 2 heterocycles. The van der Waals surface area contributed by atoms with E-state index < -0.39 is 5.97 Å². The number of carboxylic acids is 1. The van der Waals surface area contributed by atoms with E-state index in [2.05, 4.69) is 0 Å². The van der Waals surface area contributed by atoms with Gasteiger partial charge in [0, 0.05) is 27.1 Å². The monoisotopic (exact) mass is 404 g/mol. The highest BCUT2D eigenvalue weighted by Crippen LogP contribution is 2.40. The lowest BCUT2D eigenvalue weighted by atomic mass is 10.1. The van der Waals surface area contributed by atoms with Crippen LogP contribution >= 0.6 is 34.4 Å². The minimum Gasteiger partial charge on any atom is -0.482 e. The first-order valence-corrected chi connectivity index (χ1v) is 10.5. The van der Waals surface area contributed by atoms with Gasteiger partial charge in [-0.2, -0.15) is 0 Å². The van der Waals surface area contributed by atoms with E-state index in [0.717, 1.165) is 30.9 Å². The molecular formula is C18H16N2O3S3. The topological polar surface area (TPSA) is 83.3 Å². The summed E-state index contributed by atoms with van der Waals surface area (Å²) in [4.78, 5) is 16.3. The molecule has 0 saturated carbocycles. The Morgan fingerprint density at radius 2 is 2.19 bits per heavy atom. The van der Waals surface area contributed by atoms with Crippen LogP contribution in [0, 0.1) is 5.41 Å². The molecule has 2 aromatic heterocycles. The van der Waals surface area contributed by atoms with Crippen molar-refractivity contribution < 1.29 is 14.6 Å². The average molecular weight is 405 g/mol. The van der Waals surface area contributed by atoms with Crippen molar-refractivity contribution in [3.63, 3.8) is 0 Å². The molecule has 0 bridgehead atoms. The molecule has 2 N–H and O–H groups in total. The number of aliphatic carboxylic acids is 1. The number of benzene rings is 1. The summed E-state index contributed by atoms with van der Waals surface area (Å²) in [5.41, 5.74) is 3.30. The van der Waals surface area contributed by atoms with Gasteiger partial charge in [0.15, 0.2) is 6.61 Å². The van der Waals surface area contributed by atoms with Crippen molar-refractivity contribution in [1.29, 1.82) is 5.41 Å². The Labute approximate surface area is 163 Å². The zero-order chi connectivity index (χ0) is 18.7. The summed E-state index contributed by atoms with van der Waals surface area (Å²) < 4.78 is 6.38. The molecule has 0 saturated heterocycles. The number of hydrogen-bond acceptors (Lipinski definition) is 7. The summed E-state index contributed by atoms with van der Waals surface area (Å²) in [6, 6.07) is 9.28. The Hall–Kier alpha value is -2.16. The summed E-state index contributed by atoms with van der Waals surface area (Å²) in [5.74, 6) is -0.507. The van der Waals surface area contributed by atoms with E-state index in [0.29, 0.717) is 11.5 Å². The zero-order valence-electron chi connectivity index (χ0n) is 14.1. The van der Waals surface area contributed by atoms with Crippen molar-refractivity contribution in [2.24, 2.45) is 0 Å². The van der Waals surface area contributed by atoms with Crippen LogP contribution in [0.5, 0.6) is 5.75 Å². The van der Waals surface area contributed by atoms with Crippen molar-refractivity contribution >= 4 is 46.1 Å². The van der Waals surface area contributed by atoms with Crippen LogP contribution < -0.4 is 4.74 Å². The maximum absolute atomic E-state index is 10.6. The Bertz CT molecular complexity index is 962. The summed E-state index contributed by atoms with van der Waals surface area (Å²) in [6.45, 7) is 1.42. The van der Waals surface area contributed by atoms with E-state index >= 15 is 0 Å². The molecule has 0 aliphatic heterocycles. The number of thiazole rings is 1. The van der Waals surface area contributed by atoms with Gasteiger partial charge in [0.2, 0.25) is 0 Å². The molecule has 26 heavy (non-hydrogen) atoms. The number of carboxylic acid groups (broad SMARTS) is 1. The van der Waals surface area contributed by atoms with Gasteiger partial charge in [-0.15, -0.1) is 34.4 Å². The molecule has 1 aromatic carbocycles. The third-order valence-electron chi connectivity index (χ3n) is 3.48. The molecule has 0 unspecified atom stereocenters. The lowest BCUT2D eigenvalue weighted by Gasteiger charge is -2.04. The highest BCUT2D eigenvalue weighted by atomic mass is 32.2. The van der Waals surface area contributed by atoms with Crippen LogP contribution in [0.1, 0.15) is 11.8 Å². The van der Waals surface area contributed by atoms with Crippen molar-refractivity contribution in [1.82, 2.24) is 4.98 Å². The Balaban J connectivity index is 1.90. The fourth-order valence-corrected chi connectivity index (χ4v) is 5.03. The third kappa shape index (κ3) is 4.14. The molecular weight excluding hydrogens is 388 g/mol. The summed E-state index contributed by atoms with van der Waals surface area (Å²) >= 11 is 4.82. The molecule has 8 heteroatoms. The van der Waals surface area contributed by atoms with Crippen LogP contribution in [0.4, 0.5) is 0 Å². The fourth-order valence-electron chi connectivity index (χ4n) is 2.28. The van der Waals surface area contributed by atoms with Gasteiger partial charge in [0.05, 0.1) is 9.90 Å². The highest BCUT2D eigenvalue weighted by molar-refractivity contribution is 8.00. The van der Waals surface area contributed by atoms with Gasteiger partial charge < -0.3 is 15.3 Å². The molecule has 134 valence electrons. The minimum absolute atomic E-state index is 0.372. The number of aromatic nitrogens is 1. The smallest absolute Gasteiger partial charge is 0.341 e. The van der Waals surface area contributed by atoms with Crippen LogP contribution in [0.2, 0.25) is 0 Å². The van der Waals surface area contributed by atoms with Gasteiger partial charge in [-0.3, -0.25) is 0 Å². The number of nitrogens with one attached hydrogen (secondary N) is 1. The van der Waals surface area contributed by atoms with Gasteiger partial charge in [-0.25, -0.2) is 9.78 Å². The second kappa shape index (κ2) is 8.03. The lowest BCUT2D eigenvalue weighted by molar-refractivity contribution is -0.139. The second-order valence-corrected chi connectivity index (χ2v) is 8.37. The van der Waals surface area contributed by atoms with E-state index in [-0.39, 0.29) is 6.61 Å². The Morgan fingerprint density at radius 3 is 2.88 bits per heavy atom. The van der Waals surface area contributed by atoms with Crippen molar-refractivity contribution in [3.05, 3.63) is 40.6 Å². The Kier molecular flexibility index (Phi) is 5.75. The van der Waals surface area contributed by atoms with E-state index in [4.69, 9.17) is 20.2 Å². The van der Waals surface area contributed by atoms with Crippen LogP contribution in [0.25, 0.3) is 21.8 Å². The van der Waals surface area contributed by atoms with Crippen LogP contribution in [-0.2, 0) is 4.79 Å². The average Bonchev–Trinajstić information content (AvgIpc) is 3.26. The number of thiophene rings is 1. The first kappa shape index (κ1) is 18.6. The minimum atomic E-state index is -1.01. The lowest BCUT2D eigenvalue weighted by Crippen LogP contribution is -2.09. The zero-order valence-corrected chi connectivity index (χ0v) is 16.6. The van der Waals surface area contributed by atoms with E-state index in [1.54, 1.807) is 53.5 Å². The second-order valence-electron chi connectivity index (χ2n) is 5.39. The molecule has 0 amide bonds. The number of carbonyl (C=O) groups is 1.